The molecule has 3 rings (SSSR count). The largest absolute Gasteiger partial charge is 0.472 e. The van der Waals surface area contributed by atoms with E-state index >= 15 is 0 Å². The average molecular weight is 309 g/mol. The standard InChI is InChI=1S/C19H19NO3/c1-21-19(22-2)13-23-18-11-10-15-8-9-16(12-17(15)20-18)14-6-4-3-5-7-14/h3-12,19H,13H2,1-2H3. The fraction of sp³-hybridized carbons (Fsp3) is 0.211. The van der Waals surface area contributed by atoms with Crippen LogP contribution in [0.1, 0.15) is 0 Å². The fourth-order valence-corrected chi connectivity index (χ4v) is 2.37. The van der Waals surface area contributed by atoms with Crippen LogP contribution in [0.25, 0.3) is 22.0 Å². The lowest BCUT2D eigenvalue weighted by molar-refractivity contribution is -0.122. The van der Waals surface area contributed by atoms with Crippen LogP contribution in [-0.4, -0.2) is 32.1 Å². The molecule has 3 aromatic rings. The molecule has 0 bridgehead atoms. The quantitative estimate of drug-likeness (QED) is 0.648. The predicted octanol–water partition coefficient (Wildman–Crippen LogP) is 3.90. The second-order valence-corrected chi connectivity index (χ2v) is 5.13. The summed E-state index contributed by atoms with van der Waals surface area (Å²) >= 11 is 0. The molecule has 0 saturated carbocycles. The topological polar surface area (TPSA) is 40.6 Å². The highest BCUT2D eigenvalue weighted by atomic mass is 16.7. The van der Waals surface area contributed by atoms with Crippen LogP contribution in [-0.2, 0) is 9.47 Å². The maximum absolute atomic E-state index is 5.64. The summed E-state index contributed by atoms with van der Waals surface area (Å²) < 4.78 is 15.9. The molecule has 2 aromatic carbocycles. The van der Waals surface area contributed by atoms with E-state index in [2.05, 4.69) is 35.3 Å². The first kappa shape index (κ1) is 15.5. The van der Waals surface area contributed by atoms with E-state index in [-0.39, 0.29) is 0 Å². The number of hydrogen-bond donors (Lipinski definition) is 0. The van der Waals surface area contributed by atoms with E-state index in [9.17, 15) is 0 Å². The third-order valence-electron chi connectivity index (χ3n) is 3.67. The molecule has 0 saturated heterocycles. The molecular weight excluding hydrogens is 290 g/mol. The van der Waals surface area contributed by atoms with Gasteiger partial charge < -0.3 is 14.2 Å². The lowest BCUT2D eigenvalue weighted by Crippen LogP contribution is -2.22. The van der Waals surface area contributed by atoms with Crippen LogP contribution in [0.15, 0.2) is 60.7 Å². The molecule has 0 aliphatic carbocycles. The zero-order valence-electron chi connectivity index (χ0n) is 13.2. The Morgan fingerprint density at radius 1 is 0.870 bits per heavy atom. The monoisotopic (exact) mass is 309 g/mol. The Bertz CT molecular complexity index is 770. The van der Waals surface area contributed by atoms with Gasteiger partial charge >= 0.3 is 0 Å². The van der Waals surface area contributed by atoms with Crippen molar-refractivity contribution >= 4 is 10.9 Å². The summed E-state index contributed by atoms with van der Waals surface area (Å²) in [4.78, 5) is 4.57. The molecule has 0 fully saturated rings. The van der Waals surface area contributed by atoms with Crippen LogP contribution in [0.2, 0.25) is 0 Å². The minimum Gasteiger partial charge on any atom is -0.472 e. The Morgan fingerprint density at radius 3 is 2.35 bits per heavy atom. The van der Waals surface area contributed by atoms with E-state index < -0.39 is 6.29 Å². The first-order valence-corrected chi connectivity index (χ1v) is 7.45. The van der Waals surface area contributed by atoms with E-state index in [1.165, 1.54) is 5.56 Å². The fourth-order valence-electron chi connectivity index (χ4n) is 2.37. The molecule has 0 N–H and O–H groups in total. The molecule has 23 heavy (non-hydrogen) atoms. The van der Waals surface area contributed by atoms with Crippen molar-refractivity contribution in [2.75, 3.05) is 20.8 Å². The maximum Gasteiger partial charge on any atom is 0.213 e. The van der Waals surface area contributed by atoms with E-state index in [0.29, 0.717) is 12.5 Å². The molecule has 0 spiro atoms. The Hall–Kier alpha value is -2.43. The highest BCUT2D eigenvalue weighted by Crippen LogP contribution is 2.24. The highest BCUT2D eigenvalue weighted by molar-refractivity contribution is 5.84. The van der Waals surface area contributed by atoms with Crippen LogP contribution >= 0.6 is 0 Å². The Balaban J connectivity index is 1.86. The summed E-state index contributed by atoms with van der Waals surface area (Å²) in [6.07, 6.45) is -0.400. The number of hydrogen-bond acceptors (Lipinski definition) is 4. The molecule has 1 aromatic heterocycles. The van der Waals surface area contributed by atoms with Crippen molar-refractivity contribution in [3.63, 3.8) is 0 Å². The van der Waals surface area contributed by atoms with Crippen LogP contribution in [0.3, 0.4) is 0 Å². The van der Waals surface area contributed by atoms with Gasteiger partial charge in [-0.3, -0.25) is 0 Å². The number of rotatable bonds is 6. The van der Waals surface area contributed by atoms with Crippen LogP contribution in [0.4, 0.5) is 0 Å². The number of nitrogens with zero attached hydrogens (tertiary/aromatic N) is 1. The van der Waals surface area contributed by atoms with Crippen molar-refractivity contribution in [2.24, 2.45) is 0 Å². The third-order valence-corrected chi connectivity index (χ3v) is 3.67. The SMILES string of the molecule is COC(COc1ccc2ccc(-c3ccccc3)cc2n1)OC. The number of methoxy groups -OCH3 is 2. The summed E-state index contributed by atoms with van der Waals surface area (Å²) in [6, 6.07) is 20.3. The van der Waals surface area contributed by atoms with Crippen molar-refractivity contribution in [1.82, 2.24) is 4.98 Å². The molecular formula is C19H19NO3. The normalized spacial score (nSPS) is 11.1. The van der Waals surface area contributed by atoms with Crippen molar-refractivity contribution in [1.29, 1.82) is 0 Å². The van der Waals surface area contributed by atoms with Crippen LogP contribution in [0, 0.1) is 0 Å². The number of fused-ring (bicyclic) bond motifs is 1. The number of ether oxygens (including phenoxy) is 3. The number of benzene rings is 2. The second kappa shape index (κ2) is 7.22. The van der Waals surface area contributed by atoms with E-state index in [1.807, 2.05) is 30.3 Å². The first-order chi connectivity index (χ1) is 11.3. The molecule has 0 aliphatic heterocycles. The molecule has 118 valence electrons. The molecule has 1 heterocycles. The Morgan fingerprint density at radius 2 is 1.61 bits per heavy atom. The lowest BCUT2D eigenvalue weighted by Gasteiger charge is -2.14. The third kappa shape index (κ3) is 3.67. The molecule has 0 unspecified atom stereocenters. The summed E-state index contributed by atoms with van der Waals surface area (Å²) in [5, 5.41) is 1.08. The minimum atomic E-state index is -0.400. The van der Waals surface area contributed by atoms with Crippen molar-refractivity contribution in [3.05, 3.63) is 60.7 Å². The van der Waals surface area contributed by atoms with Gasteiger partial charge in [-0.05, 0) is 23.3 Å². The van der Waals surface area contributed by atoms with E-state index in [0.717, 1.165) is 16.5 Å². The number of aromatic nitrogens is 1. The van der Waals surface area contributed by atoms with E-state index in [4.69, 9.17) is 14.2 Å². The summed E-state index contributed by atoms with van der Waals surface area (Å²) in [5.41, 5.74) is 3.20. The zero-order chi connectivity index (χ0) is 16.1. The van der Waals surface area contributed by atoms with Crippen molar-refractivity contribution in [3.8, 4) is 17.0 Å². The molecule has 0 amide bonds. The average Bonchev–Trinajstić information content (AvgIpc) is 2.62. The van der Waals surface area contributed by atoms with E-state index in [1.54, 1.807) is 14.2 Å². The van der Waals surface area contributed by atoms with Crippen molar-refractivity contribution < 1.29 is 14.2 Å². The van der Waals surface area contributed by atoms with Gasteiger partial charge in [-0.2, -0.15) is 0 Å². The van der Waals surface area contributed by atoms with Gasteiger partial charge in [0.2, 0.25) is 5.88 Å². The smallest absolute Gasteiger partial charge is 0.213 e. The molecule has 4 heteroatoms. The lowest BCUT2D eigenvalue weighted by atomic mass is 10.0. The van der Waals surface area contributed by atoms with Gasteiger partial charge in [0.1, 0.15) is 6.61 Å². The summed E-state index contributed by atoms with van der Waals surface area (Å²) in [6.45, 7) is 0.296. The van der Waals surface area contributed by atoms with Crippen LogP contribution < -0.4 is 4.74 Å². The molecule has 0 aliphatic rings. The van der Waals surface area contributed by atoms with Gasteiger partial charge in [0.15, 0.2) is 6.29 Å². The molecule has 0 radical (unpaired) electrons. The predicted molar refractivity (Wildman–Crippen MR) is 90.5 cm³/mol. The van der Waals surface area contributed by atoms with Gasteiger partial charge in [0, 0.05) is 25.7 Å². The zero-order valence-corrected chi connectivity index (χ0v) is 13.2. The maximum atomic E-state index is 5.64. The second-order valence-electron chi connectivity index (χ2n) is 5.13. The summed E-state index contributed by atoms with van der Waals surface area (Å²) in [7, 11) is 3.16. The van der Waals surface area contributed by atoms with Gasteiger partial charge in [0.25, 0.3) is 0 Å². The van der Waals surface area contributed by atoms with Crippen molar-refractivity contribution in [2.45, 2.75) is 6.29 Å². The van der Waals surface area contributed by atoms with Gasteiger partial charge in [-0.15, -0.1) is 0 Å². The Labute approximate surface area is 135 Å². The van der Waals surface area contributed by atoms with Gasteiger partial charge in [0.05, 0.1) is 5.52 Å². The summed E-state index contributed by atoms with van der Waals surface area (Å²) in [5.74, 6) is 0.557. The Kier molecular flexibility index (Phi) is 4.86. The minimum absolute atomic E-state index is 0.296. The van der Waals surface area contributed by atoms with Crippen LogP contribution in [0.5, 0.6) is 5.88 Å². The number of pyridine rings is 1. The highest BCUT2D eigenvalue weighted by Gasteiger charge is 2.07. The van der Waals surface area contributed by atoms with Gasteiger partial charge in [-0.25, -0.2) is 4.98 Å². The molecule has 4 nitrogen and oxygen atoms in total. The first-order valence-electron chi connectivity index (χ1n) is 7.45. The van der Waals surface area contributed by atoms with Gasteiger partial charge in [-0.1, -0.05) is 42.5 Å². The molecule has 0 atom stereocenters.